The quantitative estimate of drug-likeness (QED) is 0.644. The van der Waals surface area contributed by atoms with E-state index in [9.17, 15) is 0 Å². The molecule has 0 aliphatic carbocycles. The summed E-state index contributed by atoms with van der Waals surface area (Å²) in [4.78, 5) is 2.28. The Morgan fingerprint density at radius 1 is 1.27 bits per heavy atom. The molecule has 3 nitrogen and oxygen atoms in total. The molecule has 1 aliphatic heterocycles. The van der Waals surface area contributed by atoms with E-state index in [-0.39, 0.29) is 0 Å². The average Bonchev–Trinajstić information content (AvgIpc) is 2.13. The maximum atomic E-state index is 5.74. The summed E-state index contributed by atoms with van der Waals surface area (Å²) >= 11 is 1.39. The van der Waals surface area contributed by atoms with Gasteiger partial charge in [-0.05, 0) is 0 Å². The van der Waals surface area contributed by atoms with Gasteiger partial charge in [-0.15, -0.1) is 0 Å². The van der Waals surface area contributed by atoms with Crippen molar-refractivity contribution in [2.45, 2.75) is 6.42 Å². The van der Waals surface area contributed by atoms with Crippen molar-refractivity contribution < 1.29 is 19.4 Å². The summed E-state index contributed by atoms with van der Waals surface area (Å²) in [6, 6.07) is 0. The van der Waals surface area contributed by atoms with Crippen LogP contribution < -0.4 is 5.73 Å². The number of rotatable bonds is 1. The van der Waals surface area contributed by atoms with Crippen LogP contribution >= 0.6 is 9.39 Å². The van der Waals surface area contributed by atoms with E-state index in [1.807, 2.05) is 0 Å². The Morgan fingerprint density at radius 2 is 2.00 bits per heavy atom. The number of hydrogen-bond donors (Lipinski definition) is 1. The van der Waals surface area contributed by atoms with Crippen molar-refractivity contribution in [2.24, 2.45) is 5.73 Å². The van der Waals surface area contributed by atoms with E-state index in [0.29, 0.717) is 0 Å². The average molecular weight is 343 g/mol. The molecule has 2 N–H and O–H groups in total. The Morgan fingerprint density at radius 3 is 2.64 bits per heavy atom. The van der Waals surface area contributed by atoms with Gasteiger partial charge in [0, 0.05) is 0 Å². The molecule has 0 bridgehead atoms. The molecule has 0 spiro atoms. The Labute approximate surface area is 81.0 Å². The van der Waals surface area contributed by atoms with E-state index in [0.717, 1.165) is 23.8 Å². The summed E-state index contributed by atoms with van der Waals surface area (Å²) in [6.45, 7) is 4.49. The molecule has 1 unspecified atom stereocenters. The van der Waals surface area contributed by atoms with Gasteiger partial charge in [0.1, 0.15) is 0 Å². The SMILES string of the molecule is N[C](=[W])N1CCCN(P)CC1. The van der Waals surface area contributed by atoms with Crippen LogP contribution in [-0.4, -0.2) is 39.9 Å². The summed E-state index contributed by atoms with van der Waals surface area (Å²) < 4.78 is 3.31. The van der Waals surface area contributed by atoms with Crippen LogP contribution in [0.5, 0.6) is 0 Å². The topological polar surface area (TPSA) is 32.5 Å². The normalized spacial score (nSPS) is 23.1. The molecule has 1 heterocycles. The fraction of sp³-hybridized carbons (Fsp3) is 0.833. The Kier molecular flexibility index (Phi) is 4.33. The van der Waals surface area contributed by atoms with Crippen LogP contribution in [0, 0.1) is 0 Å². The van der Waals surface area contributed by atoms with E-state index in [4.69, 9.17) is 5.73 Å². The molecule has 1 aliphatic rings. The van der Waals surface area contributed by atoms with E-state index in [1.165, 1.54) is 32.3 Å². The van der Waals surface area contributed by atoms with Crippen molar-refractivity contribution in [1.29, 1.82) is 0 Å². The van der Waals surface area contributed by atoms with Gasteiger partial charge >= 0.3 is 80.8 Å². The van der Waals surface area contributed by atoms with Crippen LogP contribution in [0.3, 0.4) is 0 Å². The molecule has 0 aromatic rings. The molecule has 5 heteroatoms. The third-order valence-electron chi connectivity index (χ3n) is 1.84. The van der Waals surface area contributed by atoms with Crippen molar-refractivity contribution in [3.63, 3.8) is 0 Å². The standard InChI is InChI=1S/C6H14N3P.W/c7-6-8-2-1-3-9(10)5-4-8;/h1-5,7,10H2;. The van der Waals surface area contributed by atoms with Gasteiger partial charge in [0.15, 0.2) is 0 Å². The van der Waals surface area contributed by atoms with Crippen LogP contribution in [0.1, 0.15) is 6.42 Å². The first kappa shape index (κ1) is 9.95. The van der Waals surface area contributed by atoms with E-state index < -0.39 is 0 Å². The van der Waals surface area contributed by atoms with Crippen molar-refractivity contribution in [3.05, 3.63) is 0 Å². The first-order valence-electron chi connectivity index (χ1n) is 3.74. The molecule has 0 saturated carbocycles. The minimum absolute atomic E-state index is 1.03. The van der Waals surface area contributed by atoms with Crippen LogP contribution in [0.25, 0.3) is 0 Å². The monoisotopic (exact) mass is 343 g/mol. The fourth-order valence-electron chi connectivity index (χ4n) is 1.16. The van der Waals surface area contributed by atoms with Crippen molar-refractivity contribution in [3.8, 4) is 0 Å². The molecule has 11 heavy (non-hydrogen) atoms. The first-order valence-corrected chi connectivity index (χ1v) is 5.72. The second-order valence-corrected chi connectivity index (χ2v) is 4.95. The van der Waals surface area contributed by atoms with Gasteiger partial charge in [-0.1, -0.05) is 0 Å². The summed E-state index contributed by atoms with van der Waals surface area (Å²) in [6.07, 6.45) is 1.22. The summed E-state index contributed by atoms with van der Waals surface area (Å²) in [5, 5.41) is 0. The fourth-order valence-corrected chi connectivity index (χ4v) is 2.11. The molecule has 0 radical (unpaired) electrons. The molecule has 1 saturated heterocycles. The summed E-state index contributed by atoms with van der Waals surface area (Å²) in [7, 11) is 2.75. The molecule has 1 rings (SSSR count). The predicted molar refractivity (Wildman–Crippen MR) is 46.7 cm³/mol. The van der Waals surface area contributed by atoms with Gasteiger partial charge in [0.2, 0.25) is 0 Å². The number of hydrogen-bond acceptors (Lipinski definition) is 3. The molecular formula is C6H14N3PW. The van der Waals surface area contributed by atoms with Crippen molar-refractivity contribution >= 4 is 13.5 Å². The van der Waals surface area contributed by atoms with Gasteiger partial charge in [-0.3, -0.25) is 0 Å². The minimum atomic E-state index is 1.03. The predicted octanol–water partition coefficient (Wildman–Crippen LogP) is -0.623. The Bertz CT molecular complexity index is 153. The van der Waals surface area contributed by atoms with Crippen LogP contribution in [0.4, 0.5) is 0 Å². The van der Waals surface area contributed by atoms with Crippen LogP contribution in [-0.2, 0) is 19.4 Å². The second kappa shape index (κ2) is 4.79. The first-order chi connectivity index (χ1) is 5.20. The Balaban J connectivity index is 2.40. The van der Waals surface area contributed by atoms with Gasteiger partial charge in [0.25, 0.3) is 0 Å². The van der Waals surface area contributed by atoms with E-state index >= 15 is 0 Å². The third kappa shape index (κ3) is 3.39. The zero-order valence-corrected chi connectivity index (χ0v) is 10.6. The van der Waals surface area contributed by atoms with Crippen LogP contribution in [0.15, 0.2) is 0 Å². The van der Waals surface area contributed by atoms with Gasteiger partial charge in [-0.25, -0.2) is 0 Å². The van der Waals surface area contributed by atoms with Crippen molar-refractivity contribution in [2.75, 3.05) is 26.2 Å². The van der Waals surface area contributed by atoms with Crippen molar-refractivity contribution in [1.82, 2.24) is 9.57 Å². The maximum absolute atomic E-state index is 5.74. The van der Waals surface area contributed by atoms with Crippen LogP contribution in [0.2, 0.25) is 0 Å². The van der Waals surface area contributed by atoms with Gasteiger partial charge in [0.05, 0.1) is 0 Å². The molecular weight excluding hydrogens is 329 g/mol. The molecule has 0 aromatic carbocycles. The number of nitrogens with zero attached hydrogens (tertiary/aromatic N) is 2. The second-order valence-electron chi connectivity index (χ2n) is 2.71. The molecule has 64 valence electrons. The molecule has 0 amide bonds. The molecule has 0 aromatic heterocycles. The van der Waals surface area contributed by atoms with Gasteiger partial charge in [-0.2, -0.15) is 0 Å². The summed E-state index contributed by atoms with van der Waals surface area (Å²) in [5.41, 5.74) is 5.74. The zero-order valence-electron chi connectivity index (χ0n) is 6.49. The van der Waals surface area contributed by atoms with E-state index in [1.54, 1.807) is 0 Å². The third-order valence-corrected chi connectivity index (χ3v) is 3.29. The summed E-state index contributed by atoms with van der Waals surface area (Å²) in [5.74, 6) is 0. The molecule has 1 atom stereocenters. The van der Waals surface area contributed by atoms with Gasteiger partial charge < -0.3 is 0 Å². The van der Waals surface area contributed by atoms with E-state index in [2.05, 4.69) is 19.0 Å². The number of nitrogens with two attached hydrogens (primary N) is 1. The Hall–Kier alpha value is 0.868. The molecule has 1 fully saturated rings. The zero-order chi connectivity index (χ0) is 8.27.